The van der Waals surface area contributed by atoms with Crippen molar-refractivity contribution in [3.05, 3.63) is 78.4 Å². The van der Waals surface area contributed by atoms with Crippen molar-refractivity contribution in [2.75, 3.05) is 11.9 Å². The van der Waals surface area contributed by atoms with Gasteiger partial charge in [0.05, 0.1) is 6.20 Å². The highest BCUT2D eigenvalue weighted by Crippen LogP contribution is 2.25. The Morgan fingerprint density at radius 3 is 2.32 bits per heavy atom. The number of halogens is 4. The van der Waals surface area contributed by atoms with Crippen molar-refractivity contribution in [2.24, 2.45) is 7.05 Å². The number of pyridine rings is 1. The summed E-state index contributed by atoms with van der Waals surface area (Å²) >= 11 is 0. The number of rotatable bonds is 6. The lowest BCUT2D eigenvalue weighted by Crippen LogP contribution is -2.33. The molecule has 1 amide bonds. The Kier molecular flexibility index (Phi) is 6.26. The van der Waals surface area contributed by atoms with Gasteiger partial charge in [-0.2, -0.15) is 18.2 Å². The van der Waals surface area contributed by atoms with Gasteiger partial charge in [0.1, 0.15) is 12.4 Å². The van der Waals surface area contributed by atoms with Crippen LogP contribution < -0.4 is 10.6 Å². The van der Waals surface area contributed by atoms with E-state index < -0.39 is 24.4 Å². The predicted octanol–water partition coefficient (Wildman–Crippen LogP) is 4.72. The summed E-state index contributed by atoms with van der Waals surface area (Å²) in [6.45, 7) is -1.40. The summed E-state index contributed by atoms with van der Waals surface area (Å²) in [5.41, 5.74) is 2.52. The van der Waals surface area contributed by atoms with Crippen LogP contribution in [0.2, 0.25) is 0 Å². The van der Waals surface area contributed by atoms with E-state index in [9.17, 15) is 22.4 Å². The molecule has 2 aromatic carbocycles. The van der Waals surface area contributed by atoms with Crippen LogP contribution in [0.3, 0.4) is 0 Å². The van der Waals surface area contributed by atoms with Crippen molar-refractivity contribution >= 4 is 17.5 Å². The molecule has 4 rings (SSSR count). The Balaban J connectivity index is 1.45. The molecular weight excluding hydrogens is 452 g/mol. The van der Waals surface area contributed by atoms with Crippen molar-refractivity contribution in [2.45, 2.75) is 6.18 Å². The zero-order valence-electron chi connectivity index (χ0n) is 17.8. The van der Waals surface area contributed by atoms with E-state index in [1.165, 1.54) is 23.0 Å². The van der Waals surface area contributed by atoms with Gasteiger partial charge in [-0.25, -0.2) is 9.07 Å². The number of carbonyl (C=O) groups is 1. The summed E-state index contributed by atoms with van der Waals surface area (Å²) < 4.78 is 52.3. The molecule has 7 nitrogen and oxygen atoms in total. The number of carbonyl (C=O) groups excluding carboxylic acids is 1. The third-order valence-corrected chi connectivity index (χ3v) is 4.84. The maximum Gasteiger partial charge on any atom is 0.405 e. The van der Waals surface area contributed by atoms with Crippen LogP contribution in [0.5, 0.6) is 0 Å². The van der Waals surface area contributed by atoms with Gasteiger partial charge in [0.15, 0.2) is 5.82 Å². The summed E-state index contributed by atoms with van der Waals surface area (Å²) in [6, 6.07) is 14.6. The minimum atomic E-state index is -4.48. The molecule has 0 saturated carbocycles. The zero-order valence-corrected chi connectivity index (χ0v) is 17.8. The van der Waals surface area contributed by atoms with Gasteiger partial charge in [0.2, 0.25) is 5.95 Å². The maximum absolute atomic E-state index is 13.9. The molecule has 2 N–H and O–H groups in total. The van der Waals surface area contributed by atoms with Crippen LogP contribution in [0.4, 0.5) is 29.2 Å². The van der Waals surface area contributed by atoms with E-state index in [0.717, 1.165) is 6.20 Å². The van der Waals surface area contributed by atoms with Gasteiger partial charge in [0.25, 0.3) is 5.91 Å². The van der Waals surface area contributed by atoms with E-state index in [0.29, 0.717) is 34.2 Å². The lowest BCUT2D eigenvalue weighted by atomic mass is 10.1. The van der Waals surface area contributed by atoms with E-state index in [1.807, 2.05) is 5.32 Å². The lowest BCUT2D eigenvalue weighted by Gasteiger charge is -2.08. The molecule has 2 heterocycles. The van der Waals surface area contributed by atoms with E-state index >= 15 is 0 Å². The Morgan fingerprint density at radius 1 is 1.00 bits per heavy atom. The maximum atomic E-state index is 13.9. The molecule has 0 aliphatic heterocycles. The van der Waals surface area contributed by atoms with Crippen LogP contribution in [0.25, 0.3) is 22.5 Å². The molecule has 0 aliphatic carbocycles. The molecular formula is C23H18F4N6O. The third kappa shape index (κ3) is 5.37. The highest BCUT2D eigenvalue weighted by atomic mass is 19.4. The number of nitrogens with zero attached hydrogens (tertiary/aromatic N) is 4. The second kappa shape index (κ2) is 9.30. The minimum absolute atomic E-state index is 0.0907. The fourth-order valence-electron chi connectivity index (χ4n) is 3.14. The summed E-state index contributed by atoms with van der Waals surface area (Å²) in [5.74, 6) is -0.437. The van der Waals surface area contributed by atoms with E-state index in [4.69, 9.17) is 0 Å². The number of amides is 1. The topological polar surface area (TPSA) is 84.7 Å². The predicted molar refractivity (Wildman–Crippen MR) is 118 cm³/mol. The fraction of sp³-hybridized carbons (Fsp3) is 0.130. The number of alkyl halides is 3. The van der Waals surface area contributed by atoms with Crippen molar-refractivity contribution < 1.29 is 22.4 Å². The summed E-state index contributed by atoms with van der Waals surface area (Å²) in [4.78, 5) is 20.0. The quantitative estimate of drug-likeness (QED) is 0.399. The molecule has 34 heavy (non-hydrogen) atoms. The van der Waals surface area contributed by atoms with Crippen LogP contribution >= 0.6 is 0 Å². The van der Waals surface area contributed by atoms with Crippen LogP contribution in [-0.4, -0.2) is 38.4 Å². The van der Waals surface area contributed by atoms with Crippen molar-refractivity contribution in [1.82, 2.24) is 25.1 Å². The zero-order chi connectivity index (χ0) is 24.3. The summed E-state index contributed by atoms with van der Waals surface area (Å²) in [5, 5.41) is 9.29. The fourth-order valence-corrected chi connectivity index (χ4v) is 3.14. The molecule has 2 aromatic heterocycles. The first-order chi connectivity index (χ1) is 16.2. The molecule has 0 aliphatic rings. The molecule has 11 heteroatoms. The number of aryl methyl sites for hydroxylation is 1. The molecule has 0 radical (unpaired) electrons. The van der Waals surface area contributed by atoms with Crippen LogP contribution in [-0.2, 0) is 7.05 Å². The Bertz CT molecular complexity index is 1300. The first-order valence-corrected chi connectivity index (χ1v) is 10.0. The molecule has 0 bridgehead atoms. The molecule has 0 atom stereocenters. The van der Waals surface area contributed by atoms with E-state index in [1.54, 1.807) is 49.5 Å². The number of anilines is 2. The highest BCUT2D eigenvalue weighted by Gasteiger charge is 2.27. The molecule has 174 valence electrons. The first-order valence-electron chi connectivity index (χ1n) is 10.0. The number of benzene rings is 2. The Morgan fingerprint density at radius 2 is 1.68 bits per heavy atom. The SMILES string of the molecule is Cn1nc(-c2ccc(C(=O)NCC(F)(F)F)cc2)nc1Nc1ccc(-c2ccncc2F)cc1. The van der Waals surface area contributed by atoms with Crippen molar-refractivity contribution in [3.63, 3.8) is 0 Å². The molecule has 0 spiro atoms. The number of aromatic nitrogens is 4. The summed E-state index contributed by atoms with van der Waals surface area (Å²) in [6.07, 6.45) is -1.80. The van der Waals surface area contributed by atoms with Crippen molar-refractivity contribution in [1.29, 1.82) is 0 Å². The Hall–Kier alpha value is -4.28. The highest BCUT2D eigenvalue weighted by molar-refractivity contribution is 5.94. The van der Waals surface area contributed by atoms with Crippen LogP contribution in [0.15, 0.2) is 67.0 Å². The average molecular weight is 470 g/mol. The number of hydrogen-bond acceptors (Lipinski definition) is 5. The van der Waals surface area contributed by atoms with Gasteiger partial charge in [-0.05, 0) is 35.9 Å². The summed E-state index contributed by atoms with van der Waals surface area (Å²) in [7, 11) is 1.69. The monoisotopic (exact) mass is 470 g/mol. The molecule has 0 unspecified atom stereocenters. The van der Waals surface area contributed by atoms with Gasteiger partial charge < -0.3 is 10.6 Å². The molecule has 4 aromatic rings. The number of nitrogens with one attached hydrogen (secondary N) is 2. The van der Waals surface area contributed by atoms with Gasteiger partial charge >= 0.3 is 6.18 Å². The van der Waals surface area contributed by atoms with Crippen LogP contribution in [0.1, 0.15) is 10.4 Å². The number of hydrogen-bond donors (Lipinski definition) is 2. The van der Waals surface area contributed by atoms with Gasteiger partial charge in [0, 0.05) is 35.6 Å². The standard InChI is InChI=1S/C23H18F4N6O/c1-33-22(30-17-8-6-14(7-9-17)18-10-11-28-12-19(18)24)31-20(32-33)15-2-4-16(5-3-15)21(34)29-13-23(25,26)27/h2-12H,13H2,1H3,(H,29,34)(H,30,31,32). The minimum Gasteiger partial charge on any atom is -0.343 e. The van der Waals surface area contributed by atoms with Gasteiger partial charge in [-0.3, -0.25) is 9.78 Å². The normalized spacial score (nSPS) is 11.3. The average Bonchev–Trinajstić information content (AvgIpc) is 3.18. The Labute approximate surface area is 191 Å². The van der Waals surface area contributed by atoms with E-state index in [2.05, 4.69) is 20.4 Å². The second-order valence-electron chi connectivity index (χ2n) is 7.32. The molecule has 0 fully saturated rings. The van der Waals surface area contributed by atoms with E-state index in [-0.39, 0.29) is 5.56 Å². The largest absolute Gasteiger partial charge is 0.405 e. The van der Waals surface area contributed by atoms with Gasteiger partial charge in [-0.15, -0.1) is 5.10 Å². The van der Waals surface area contributed by atoms with Gasteiger partial charge in [-0.1, -0.05) is 24.3 Å². The van der Waals surface area contributed by atoms with Crippen LogP contribution in [0, 0.1) is 5.82 Å². The first kappa shape index (κ1) is 22.9. The molecule has 0 saturated heterocycles. The van der Waals surface area contributed by atoms with Crippen molar-refractivity contribution in [3.8, 4) is 22.5 Å². The smallest absolute Gasteiger partial charge is 0.343 e. The second-order valence-corrected chi connectivity index (χ2v) is 7.32. The third-order valence-electron chi connectivity index (χ3n) is 4.84. The lowest BCUT2D eigenvalue weighted by molar-refractivity contribution is -0.123.